The Balaban J connectivity index is 2.30. The first-order valence-electron chi connectivity index (χ1n) is 6.84. The molecule has 0 amide bonds. The molecule has 0 aliphatic heterocycles. The molecule has 0 saturated heterocycles. The molecule has 0 N–H and O–H groups in total. The van der Waals surface area contributed by atoms with Crippen molar-refractivity contribution < 1.29 is 18.7 Å². The molecule has 2 heterocycles. The maximum absolute atomic E-state index is 14.6. The van der Waals surface area contributed by atoms with E-state index in [-0.39, 0.29) is 27.9 Å². The Morgan fingerprint density at radius 1 is 1.29 bits per heavy atom. The topological polar surface area (TPSA) is 61.3 Å². The largest absolute Gasteiger partial charge is 0.492 e. The van der Waals surface area contributed by atoms with Crippen LogP contribution >= 0.6 is 22.9 Å². The first-order valence-corrected chi connectivity index (χ1v) is 8.10. The number of methoxy groups -OCH3 is 2. The predicted molar refractivity (Wildman–Crippen MR) is 90.4 cm³/mol. The highest BCUT2D eigenvalue weighted by molar-refractivity contribution is 7.17. The van der Waals surface area contributed by atoms with Crippen molar-refractivity contribution in [1.29, 1.82) is 0 Å². The number of aromatic nitrogens is 2. The molecule has 3 aromatic rings. The summed E-state index contributed by atoms with van der Waals surface area (Å²) >= 11 is 7.26. The molecule has 0 atom stereocenters. The Morgan fingerprint density at radius 2 is 2.04 bits per heavy atom. The maximum Gasteiger partial charge on any atom is 0.357 e. The SMILES string of the molecule is COC(=O)c1nc(-c2ccc(Cl)c(OC)c2F)nc2scc(C)c12. The van der Waals surface area contributed by atoms with Crippen molar-refractivity contribution >= 4 is 39.1 Å². The zero-order valence-corrected chi connectivity index (χ0v) is 14.6. The highest BCUT2D eigenvalue weighted by Gasteiger charge is 2.22. The van der Waals surface area contributed by atoms with Crippen LogP contribution in [0.2, 0.25) is 5.02 Å². The summed E-state index contributed by atoms with van der Waals surface area (Å²) in [5.74, 6) is -1.32. The number of nitrogens with zero attached hydrogens (tertiary/aromatic N) is 2. The molecule has 0 aliphatic rings. The molecule has 1 aromatic carbocycles. The average molecular weight is 367 g/mol. The summed E-state index contributed by atoms with van der Waals surface area (Å²) in [7, 11) is 2.59. The van der Waals surface area contributed by atoms with Crippen LogP contribution in [-0.2, 0) is 4.74 Å². The van der Waals surface area contributed by atoms with Gasteiger partial charge >= 0.3 is 5.97 Å². The second-order valence-corrected chi connectivity index (χ2v) is 6.19. The number of benzene rings is 1. The van der Waals surface area contributed by atoms with Crippen LogP contribution < -0.4 is 4.74 Å². The van der Waals surface area contributed by atoms with Gasteiger partial charge in [-0.3, -0.25) is 0 Å². The lowest BCUT2D eigenvalue weighted by Crippen LogP contribution is -2.08. The van der Waals surface area contributed by atoms with Crippen LogP contribution in [0.5, 0.6) is 5.75 Å². The van der Waals surface area contributed by atoms with E-state index in [4.69, 9.17) is 21.1 Å². The normalized spacial score (nSPS) is 10.9. The third-order valence-corrected chi connectivity index (χ3v) is 4.78. The van der Waals surface area contributed by atoms with Crippen LogP contribution in [-0.4, -0.2) is 30.2 Å². The van der Waals surface area contributed by atoms with Gasteiger partial charge in [0.15, 0.2) is 23.1 Å². The number of hydrogen-bond donors (Lipinski definition) is 0. The molecule has 0 saturated carbocycles. The van der Waals surface area contributed by atoms with Crippen LogP contribution in [0.4, 0.5) is 4.39 Å². The van der Waals surface area contributed by atoms with Gasteiger partial charge in [0.05, 0.1) is 24.8 Å². The summed E-state index contributed by atoms with van der Waals surface area (Å²) in [5.41, 5.74) is 1.05. The Kier molecular flexibility index (Phi) is 4.38. The van der Waals surface area contributed by atoms with Crippen molar-refractivity contribution in [3.05, 3.63) is 39.6 Å². The van der Waals surface area contributed by atoms with E-state index in [1.165, 1.54) is 37.7 Å². The maximum atomic E-state index is 14.6. The van der Waals surface area contributed by atoms with E-state index in [9.17, 15) is 9.18 Å². The van der Waals surface area contributed by atoms with Gasteiger partial charge in [-0.15, -0.1) is 11.3 Å². The third kappa shape index (κ3) is 2.59. The van der Waals surface area contributed by atoms with E-state index in [0.717, 1.165) is 5.56 Å². The van der Waals surface area contributed by atoms with Gasteiger partial charge in [-0.2, -0.15) is 0 Å². The van der Waals surface area contributed by atoms with Gasteiger partial charge in [0, 0.05) is 5.39 Å². The van der Waals surface area contributed by atoms with Crippen LogP contribution in [0.15, 0.2) is 17.5 Å². The minimum absolute atomic E-state index is 0.0669. The van der Waals surface area contributed by atoms with Gasteiger partial charge in [0.1, 0.15) is 4.83 Å². The smallest absolute Gasteiger partial charge is 0.357 e. The monoisotopic (exact) mass is 366 g/mol. The lowest BCUT2D eigenvalue weighted by molar-refractivity contribution is 0.0596. The summed E-state index contributed by atoms with van der Waals surface area (Å²) in [4.78, 5) is 21.2. The number of esters is 1. The Labute approximate surface area is 146 Å². The Bertz CT molecular complexity index is 958. The second-order valence-electron chi connectivity index (χ2n) is 4.93. The highest BCUT2D eigenvalue weighted by atomic mass is 35.5. The highest BCUT2D eigenvalue weighted by Crippen LogP contribution is 2.35. The quantitative estimate of drug-likeness (QED) is 0.648. The second kappa shape index (κ2) is 6.33. The predicted octanol–water partition coefficient (Wildman–Crippen LogP) is 4.25. The molecule has 124 valence electrons. The summed E-state index contributed by atoms with van der Waals surface area (Å²) < 4.78 is 24.4. The fraction of sp³-hybridized carbons (Fsp3) is 0.188. The van der Waals surface area contributed by atoms with Crippen molar-refractivity contribution in [1.82, 2.24) is 9.97 Å². The fourth-order valence-corrected chi connectivity index (χ4v) is 3.49. The summed E-state index contributed by atoms with van der Waals surface area (Å²) in [6.45, 7) is 1.85. The lowest BCUT2D eigenvalue weighted by atomic mass is 10.1. The number of fused-ring (bicyclic) bond motifs is 1. The molecule has 0 radical (unpaired) electrons. The average Bonchev–Trinajstić information content (AvgIpc) is 2.95. The van der Waals surface area contributed by atoms with Gasteiger partial charge in [-0.25, -0.2) is 19.2 Å². The van der Waals surface area contributed by atoms with Gasteiger partial charge in [0.2, 0.25) is 0 Å². The molecular formula is C16H12ClFN2O3S. The van der Waals surface area contributed by atoms with E-state index < -0.39 is 11.8 Å². The molecule has 8 heteroatoms. The molecule has 0 fully saturated rings. The number of carbonyl (C=O) groups is 1. The number of halogens is 2. The van der Waals surface area contributed by atoms with Gasteiger partial charge < -0.3 is 9.47 Å². The van der Waals surface area contributed by atoms with Crippen molar-refractivity contribution in [2.24, 2.45) is 0 Å². The van der Waals surface area contributed by atoms with Crippen LogP contribution in [0.1, 0.15) is 16.1 Å². The van der Waals surface area contributed by atoms with Crippen molar-refractivity contribution in [2.75, 3.05) is 14.2 Å². The minimum Gasteiger partial charge on any atom is -0.492 e. The van der Waals surface area contributed by atoms with Crippen LogP contribution in [0, 0.1) is 12.7 Å². The van der Waals surface area contributed by atoms with E-state index in [2.05, 4.69) is 9.97 Å². The third-order valence-electron chi connectivity index (χ3n) is 3.49. The first kappa shape index (κ1) is 16.6. The van der Waals surface area contributed by atoms with E-state index >= 15 is 0 Å². The number of hydrogen-bond acceptors (Lipinski definition) is 6. The van der Waals surface area contributed by atoms with Crippen molar-refractivity contribution in [2.45, 2.75) is 6.92 Å². The Hall–Kier alpha value is -2.25. The van der Waals surface area contributed by atoms with Crippen molar-refractivity contribution in [3.8, 4) is 17.1 Å². The zero-order valence-electron chi connectivity index (χ0n) is 13.0. The summed E-state index contributed by atoms with van der Waals surface area (Å²) in [6, 6.07) is 2.94. The summed E-state index contributed by atoms with van der Waals surface area (Å²) in [5, 5.41) is 2.60. The molecule has 0 unspecified atom stereocenters. The van der Waals surface area contributed by atoms with Gasteiger partial charge in [0.25, 0.3) is 0 Å². The molecule has 0 spiro atoms. The molecule has 5 nitrogen and oxygen atoms in total. The fourth-order valence-electron chi connectivity index (χ4n) is 2.34. The van der Waals surface area contributed by atoms with Crippen LogP contribution in [0.25, 0.3) is 21.6 Å². The van der Waals surface area contributed by atoms with Crippen molar-refractivity contribution in [3.63, 3.8) is 0 Å². The molecule has 3 rings (SSSR count). The molecular weight excluding hydrogens is 355 g/mol. The molecule has 24 heavy (non-hydrogen) atoms. The lowest BCUT2D eigenvalue weighted by Gasteiger charge is -2.10. The molecule has 0 aliphatic carbocycles. The Morgan fingerprint density at radius 3 is 2.71 bits per heavy atom. The summed E-state index contributed by atoms with van der Waals surface area (Å²) in [6.07, 6.45) is 0. The molecule has 0 bridgehead atoms. The first-order chi connectivity index (χ1) is 11.5. The number of carbonyl (C=O) groups excluding carboxylic acids is 1. The molecule has 2 aromatic heterocycles. The van der Waals surface area contributed by atoms with Crippen LogP contribution in [0.3, 0.4) is 0 Å². The number of rotatable bonds is 3. The zero-order chi connectivity index (χ0) is 17.4. The number of thiophene rings is 1. The van der Waals surface area contributed by atoms with E-state index in [1.54, 1.807) is 0 Å². The number of ether oxygens (including phenoxy) is 2. The minimum atomic E-state index is -0.687. The van der Waals surface area contributed by atoms with Gasteiger partial charge in [-0.1, -0.05) is 11.6 Å². The van der Waals surface area contributed by atoms with Gasteiger partial charge in [-0.05, 0) is 30.0 Å². The number of aryl methyl sites for hydroxylation is 1. The standard InChI is InChI=1S/C16H12ClFN2O3S/c1-7-6-24-15-10(7)12(16(21)23-3)19-14(20-15)8-4-5-9(17)13(22-2)11(8)18/h4-6H,1-3H3. The van der Waals surface area contributed by atoms with E-state index in [1.807, 2.05) is 12.3 Å². The van der Waals surface area contributed by atoms with E-state index in [0.29, 0.717) is 10.2 Å².